The van der Waals surface area contributed by atoms with Gasteiger partial charge in [0.25, 0.3) is 0 Å². The molecule has 134 valence electrons. The minimum Gasteiger partial charge on any atom is -0.480 e. The highest BCUT2D eigenvalue weighted by Crippen LogP contribution is 2.19. The Morgan fingerprint density at radius 2 is 1.70 bits per heavy atom. The molecule has 1 rings (SSSR count). The minimum absolute atomic E-state index is 0.0683. The molecule has 1 aliphatic heterocycles. The molecule has 0 radical (unpaired) electrons. The van der Waals surface area contributed by atoms with Crippen LogP contribution in [0.2, 0.25) is 0 Å². The Kier molecular flexibility index (Phi) is 7.48. The number of carbonyl (C=O) groups excluding carboxylic acids is 1. The van der Waals surface area contributed by atoms with Gasteiger partial charge in [0.05, 0.1) is 18.2 Å². The number of aliphatic carboxylic acids is 1. The fourth-order valence-electron chi connectivity index (χ4n) is 3.28. The van der Waals surface area contributed by atoms with Crippen molar-refractivity contribution in [1.29, 1.82) is 0 Å². The molecular weight excluding hydrogens is 296 g/mol. The number of nitrogens with one attached hydrogen (secondary N) is 1. The number of morpholine rings is 1. The number of amides is 1. The summed E-state index contributed by atoms with van der Waals surface area (Å²) in [6, 6.07) is -1.17. The second-order valence-corrected chi connectivity index (χ2v) is 7.43. The molecule has 0 aromatic rings. The third-order valence-electron chi connectivity index (χ3n) is 4.06. The van der Waals surface area contributed by atoms with Gasteiger partial charge in [-0.2, -0.15) is 0 Å². The van der Waals surface area contributed by atoms with Crippen molar-refractivity contribution in [2.45, 2.75) is 72.3 Å². The summed E-state index contributed by atoms with van der Waals surface area (Å²) >= 11 is 0. The van der Waals surface area contributed by atoms with Crippen molar-refractivity contribution in [3.63, 3.8) is 0 Å². The van der Waals surface area contributed by atoms with E-state index in [-0.39, 0.29) is 36.0 Å². The first-order chi connectivity index (χ1) is 10.6. The number of nitrogens with zero attached hydrogens (tertiary/aromatic N) is 1. The molecule has 1 fully saturated rings. The molecule has 4 atom stereocenters. The van der Waals surface area contributed by atoms with Gasteiger partial charge in [-0.25, -0.2) is 4.79 Å². The van der Waals surface area contributed by atoms with Crippen LogP contribution in [0.1, 0.15) is 48.0 Å². The van der Waals surface area contributed by atoms with Gasteiger partial charge >= 0.3 is 5.97 Å². The van der Waals surface area contributed by atoms with Crippen LogP contribution in [-0.2, 0) is 14.3 Å². The van der Waals surface area contributed by atoms with Gasteiger partial charge in [0.1, 0.15) is 6.04 Å². The molecule has 0 saturated carbocycles. The van der Waals surface area contributed by atoms with E-state index in [1.165, 1.54) is 0 Å². The first-order valence-electron chi connectivity index (χ1n) is 8.54. The van der Waals surface area contributed by atoms with E-state index in [4.69, 9.17) is 4.74 Å². The van der Waals surface area contributed by atoms with Gasteiger partial charge in [-0.15, -0.1) is 0 Å². The Bertz CT molecular complexity index is 401. The summed E-state index contributed by atoms with van der Waals surface area (Å²) in [7, 11) is 0. The van der Waals surface area contributed by atoms with Gasteiger partial charge in [0.15, 0.2) is 0 Å². The van der Waals surface area contributed by atoms with Gasteiger partial charge in [-0.05, 0) is 32.1 Å². The van der Waals surface area contributed by atoms with Gasteiger partial charge in [-0.3, -0.25) is 9.69 Å². The van der Waals surface area contributed by atoms with E-state index < -0.39 is 12.0 Å². The van der Waals surface area contributed by atoms with Crippen LogP contribution in [0.25, 0.3) is 0 Å². The zero-order valence-electron chi connectivity index (χ0n) is 15.2. The summed E-state index contributed by atoms with van der Waals surface area (Å²) in [6.07, 6.45) is 0.569. The number of carboxylic acids is 1. The first kappa shape index (κ1) is 19.9. The van der Waals surface area contributed by atoms with Crippen molar-refractivity contribution in [1.82, 2.24) is 10.2 Å². The highest BCUT2D eigenvalue weighted by molar-refractivity contribution is 5.87. The Labute approximate surface area is 139 Å². The van der Waals surface area contributed by atoms with Crippen LogP contribution in [0.15, 0.2) is 0 Å². The number of hydrogen-bond acceptors (Lipinski definition) is 4. The number of carboxylic acid groups (broad SMARTS) is 1. The molecule has 6 heteroatoms. The van der Waals surface area contributed by atoms with Crippen molar-refractivity contribution < 1.29 is 19.4 Å². The van der Waals surface area contributed by atoms with E-state index in [0.29, 0.717) is 19.5 Å². The molecule has 23 heavy (non-hydrogen) atoms. The van der Waals surface area contributed by atoms with Crippen molar-refractivity contribution in [3.05, 3.63) is 0 Å². The van der Waals surface area contributed by atoms with Crippen molar-refractivity contribution in [2.24, 2.45) is 11.8 Å². The maximum absolute atomic E-state index is 12.7. The quantitative estimate of drug-likeness (QED) is 0.744. The third kappa shape index (κ3) is 6.11. The molecule has 1 aliphatic rings. The van der Waals surface area contributed by atoms with Crippen molar-refractivity contribution in [3.8, 4) is 0 Å². The Balaban J connectivity index is 2.83. The normalized spacial score (nSPS) is 25.4. The van der Waals surface area contributed by atoms with Gasteiger partial charge in [0.2, 0.25) is 5.91 Å². The summed E-state index contributed by atoms with van der Waals surface area (Å²) in [6.45, 7) is 13.2. The Morgan fingerprint density at radius 3 is 2.09 bits per heavy atom. The van der Waals surface area contributed by atoms with E-state index in [0.717, 1.165) is 0 Å². The molecule has 2 N–H and O–H groups in total. The molecule has 0 spiro atoms. The zero-order valence-corrected chi connectivity index (χ0v) is 15.2. The van der Waals surface area contributed by atoms with Crippen molar-refractivity contribution in [2.75, 3.05) is 13.1 Å². The fourth-order valence-corrected chi connectivity index (χ4v) is 3.28. The number of rotatable bonds is 7. The van der Waals surface area contributed by atoms with Crippen LogP contribution in [-0.4, -0.2) is 59.3 Å². The summed E-state index contributed by atoms with van der Waals surface area (Å²) < 4.78 is 5.73. The molecular formula is C17H32N2O4. The average Bonchev–Trinajstić information content (AvgIpc) is 2.35. The Hall–Kier alpha value is -1.14. The number of ether oxygens (including phenoxy) is 1. The third-order valence-corrected chi connectivity index (χ3v) is 4.06. The summed E-state index contributed by atoms with van der Waals surface area (Å²) in [5, 5.41) is 12.1. The maximum Gasteiger partial charge on any atom is 0.326 e. The van der Waals surface area contributed by atoms with E-state index in [1.807, 2.05) is 41.5 Å². The van der Waals surface area contributed by atoms with E-state index in [2.05, 4.69) is 10.2 Å². The van der Waals surface area contributed by atoms with E-state index in [1.54, 1.807) is 0 Å². The molecule has 0 bridgehead atoms. The lowest BCUT2D eigenvalue weighted by molar-refractivity contribution is -0.145. The molecule has 1 saturated heterocycles. The second-order valence-electron chi connectivity index (χ2n) is 7.43. The average molecular weight is 328 g/mol. The Morgan fingerprint density at radius 1 is 1.17 bits per heavy atom. The molecule has 0 aliphatic carbocycles. The molecule has 1 amide bonds. The van der Waals surface area contributed by atoms with Crippen molar-refractivity contribution >= 4 is 11.9 Å². The second kappa shape index (κ2) is 8.64. The smallest absolute Gasteiger partial charge is 0.326 e. The lowest BCUT2D eigenvalue weighted by Gasteiger charge is -2.41. The molecule has 1 heterocycles. The van der Waals surface area contributed by atoms with Crippen LogP contribution >= 0.6 is 0 Å². The summed E-state index contributed by atoms with van der Waals surface area (Å²) in [4.78, 5) is 26.2. The zero-order chi connectivity index (χ0) is 17.7. The lowest BCUT2D eigenvalue weighted by atomic mass is 9.98. The summed E-state index contributed by atoms with van der Waals surface area (Å²) in [5.74, 6) is -0.869. The predicted octanol–water partition coefficient (Wildman–Crippen LogP) is 1.74. The van der Waals surface area contributed by atoms with Crippen LogP contribution in [0.3, 0.4) is 0 Å². The molecule has 0 unspecified atom stereocenters. The van der Waals surface area contributed by atoms with Gasteiger partial charge in [-0.1, -0.05) is 27.7 Å². The standard InChI is InChI=1S/C17H32N2O4/c1-10(2)7-14(17(21)22)18-16(20)15(11(3)4)19-8-12(5)23-13(6)9-19/h10-15H,7-9H2,1-6H3,(H,18,20)(H,21,22)/t12-,13+,14-,15+/m1/s1. The monoisotopic (exact) mass is 328 g/mol. The van der Waals surface area contributed by atoms with E-state index in [9.17, 15) is 14.7 Å². The SMILES string of the molecule is CC(C)C[C@@H](NC(=O)[C@H](C(C)C)N1C[C@@H](C)O[C@@H](C)C1)C(=O)O. The minimum atomic E-state index is -0.974. The maximum atomic E-state index is 12.7. The van der Waals surface area contributed by atoms with Crippen LogP contribution in [0.4, 0.5) is 0 Å². The highest BCUT2D eigenvalue weighted by atomic mass is 16.5. The highest BCUT2D eigenvalue weighted by Gasteiger charge is 2.35. The van der Waals surface area contributed by atoms with Crippen LogP contribution < -0.4 is 5.32 Å². The van der Waals surface area contributed by atoms with Gasteiger partial charge in [0, 0.05) is 13.1 Å². The van der Waals surface area contributed by atoms with E-state index >= 15 is 0 Å². The van der Waals surface area contributed by atoms with Gasteiger partial charge < -0.3 is 15.2 Å². The fraction of sp³-hybridized carbons (Fsp3) is 0.882. The number of hydrogen-bond donors (Lipinski definition) is 2. The summed E-state index contributed by atoms with van der Waals surface area (Å²) in [5.41, 5.74) is 0. The topological polar surface area (TPSA) is 78.9 Å². The van der Waals surface area contributed by atoms with Crippen LogP contribution in [0, 0.1) is 11.8 Å². The van der Waals surface area contributed by atoms with Crippen LogP contribution in [0.5, 0.6) is 0 Å². The number of carbonyl (C=O) groups is 2. The molecule has 0 aromatic heterocycles. The molecule has 6 nitrogen and oxygen atoms in total. The largest absolute Gasteiger partial charge is 0.480 e. The predicted molar refractivity (Wildman–Crippen MR) is 89.2 cm³/mol. The lowest BCUT2D eigenvalue weighted by Crippen LogP contribution is -2.58. The molecule has 0 aromatic carbocycles. The first-order valence-corrected chi connectivity index (χ1v) is 8.54.